The second kappa shape index (κ2) is 7.39. The van der Waals surface area contributed by atoms with Crippen LogP contribution in [0.2, 0.25) is 0 Å². The smallest absolute Gasteiger partial charge is 0.422 e. The second-order valence-corrected chi connectivity index (χ2v) is 7.24. The van der Waals surface area contributed by atoms with Gasteiger partial charge in [-0.05, 0) is 49.6 Å². The van der Waals surface area contributed by atoms with Crippen molar-refractivity contribution in [1.82, 2.24) is 4.98 Å². The molecule has 1 amide bonds. The topological polar surface area (TPSA) is 51.2 Å². The van der Waals surface area contributed by atoms with Crippen LogP contribution in [0, 0.1) is 6.92 Å². The van der Waals surface area contributed by atoms with Crippen molar-refractivity contribution < 1.29 is 22.7 Å². The van der Waals surface area contributed by atoms with Crippen LogP contribution in [0.4, 0.5) is 18.9 Å². The van der Waals surface area contributed by atoms with Crippen molar-refractivity contribution >= 4 is 22.5 Å². The summed E-state index contributed by atoms with van der Waals surface area (Å²) in [6, 6.07) is 13.8. The number of aryl methyl sites for hydroxylation is 1. The van der Waals surface area contributed by atoms with Gasteiger partial charge in [-0.25, -0.2) is 0 Å². The molecule has 4 nitrogen and oxygen atoms in total. The highest BCUT2D eigenvalue weighted by atomic mass is 19.4. The molecule has 1 fully saturated rings. The molecular formula is C22H19F3N2O2. The number of halogens is 3. The summed E-state index contributed by atoms with van der Waals surface area (Å²) in [4.78, 5) is 17.7. The van der Waals surface area contributed by atoms with Crippen LogP contribution in [-0.2, 0) is 0 Å². The molecule has 0 unspecified atom stereocenters. The molecule has 0 atom stereocenters. The average molecular weight is 400 g/mol. The van der Waals surface area contributed by atoms with Gasteiger partial charge in [0.15, 0.2) is 6.61 Å². The first-order valence-corrected chi connectivity index (χ1v) is 9.31. The monoisotopic (exact) mass is 400 g/mol. The van der Waals surface area contributed by atoms with E-state index in [0.29, 0.717) is 16.9 Å². The molecule has 150 valence electrons. The van der Waals surface area contributed by atoms with E-state index in [1.165, 1.54) is 6.07 Å². The lowest BCUT2D eigenvalue weighted by molar-refractivity contribution is -0.153. The number of amides is 1. The van der Waals surface area contributed by atoms with Gasteiger partial charge in [-0.3, -0.25) is 9.78 Å². The molecule has 1 aromatic heterocycles. The van der Waals surface area contributed by atoms with Crippen LogP contribution in [0.25, 0.3) is 10.9 Å². The van der Waals surface area contributed by atoms with Crippen LogP contribution < -0.4 is 10.1 Å². The number of nitrogens with one attached hydrogen (secondary N) is 1. The predicted molar refractivity (Wildman–Crippen MR) is 104 cm³/mol. The third-order valence-corrected chi connectivity index (χ3v) is 4.75. The van der Waals surface area contributed by atoms with Crippen molar-refractivity contribution in [3.05, 3.63) is 65.4 Å². The van der Waals surface area contributed by atoms with E-state index in [9.17, 15) is 18.0 Å². The van der Waals surface area contributed by atoms with E-state index >= 15 is 0 Å². The third kappa shape index (κ3) is 4.50. The first-order valence-electron chi connectivity index (χ1n) is 9.31. The zero-order valence-corrected chi connectivity index (χ0v) is 15.7. The largest absolute Gasteiger partial charge is 0.482 e. The van der Waals surface area contributed by atoms with Gasteiger partial charge in [-0.15, -0.1) is 0 Å². The van der Waals surface area contributed by atoms with E-state index in [1.54, 1.807) is 25.1 Å². The molecule has 0 bridgehead atoms. The third-order valence-electron chi connectivity index (χ3n) is 4.75. The molecule has 0 spiro atoms. The van der Waals surface area contributed by atoms with E-state index in [0.717, 1.165) is 29.6 Å². The second-order valence-electron chi connectivity index (χ2n) is 7.24. The summed E-state index contributed by atoms with van der Waals surface area (Å²) < 4.78 is 42.7. The zero-order chi connectivity index (χ0) is 20.6. The van der Waals surface area contributed by atoms with Crippen molar-refractivity contribution in [2.75, 3.05) is 11.9 Å². The molecule has 1 N–H and O–H groups in total. The van der Waals surface area contributed by atoms with Crippen LogP contribution in [0.3, 0.4) is 0 Å². The van der Waals surface area contributed by atoms with Crippen LogP contribution in [-0.4, -0.2) is 23.7 Å². The Morgan fingerprint density at radius 3 is 2.66 bits per heavy atom. The number of hydrogen-bond donors (Lipinski definition) is 1. The maximum absolute atomic E-state index is 13.0. The fraction of sp³-hybridized carbons (Fsp3) is 0.273. The van der Waals surface area contributed by atoms with Gasteiger partial charge in [-0.1, -0.05) is 24.3 Å². The number of pyridine rings is 1. The number of benzene rings is 2. The lowest BCUT2D eigenvalue weighted by atomic mass is 10.0. The molecule has 7 heteroatoms. The Morgan fingerprint density at radius 1 is 1.17 bits per heavy atom. The zero-order valence-electron chi connectivity index (χ0n) is 15.7. The predicted octanol–water partition coefficient (Wildman–Crippen LogP) is 5.61. The minimum atomic E-state index is -4.47. The molecule has 29 heavy (non-hydrogen) atoms. The summed E-state index contributed by atoms with van der Waals surface area (Å²) in [6.45, 7) is 0.313. The summed E-state index contributed by atoms with van der Waals surface area (Å²) >= 11 is 0. The number of hydrogen-bond acceptors (Lipinski definition) is 3. The minimum Gasteiger partial charge on any atom is -0.482 e. The van der Waals surface area contributed by atoms with Crippen LogP contribution in [0.15, 0.2) is 48.5 Å². The molecule has 1 saturated carbocycles. The van der Waals surface area contributed by atoms with Gasteiger partial charge in [0.1, 0.15) is 5.75 Å². The number of ether oxygens (including phenoxy) is 1. The molecule has 0 aliphatic heterocycles. The number of carbonyl (C=O) groups is 1. The van der Waals surface area contributed by atoms with Crippen molar-refractivity contribution in [3.8, 4) is 5.75 Å². The van der Waals surface area contributed by atoms with Crippen molar-refractivity contribution in [3.63, 3.8) is 0 Å². The number of fused-ring (bicyclic) bond motifs is 1. The van der Waals surface area contributed by atoms with Crippen LogP contribution in [0.5, 0.6) is 5.75 Å². The Labute approximate surface area is 165 Å². The SMILES string of the molecule is Cc1ccc(NC(=O)c2cc(C3CC3)nc3ccccc23)c(OCC(F)(F)F)c1. The Hall–Kier alpha value is -3.09. The molecule has 2 aromatic carbocycles. The summed E-state index contributed by atoms with van der Waals surface area (Å²) in [5, 5.41) is 3.40. The van der Waals surface area contributed by atoms with E-state index in [1.807, 2.05) is 24.3 Å². The van der Waals surface area contributed by atoms with Gasteiger partial charge < -0.3 is 10.1 Å². The van der Waals surface area contributed by atoms with Crippen molar-refractivity contribution in [2.24, 2.45) is 0 Å². The number of rotatable bonds is 5. The Bertz CT molecular complexity index is 1080. The molecule has 3 aromatic rings. The number of anilines is 1. The highest BCUT2D eigenvalue weighted by molar-refractivity contribution is 6.12. The lowest BCUT2D eigenvalue weighted by Gasteiger charge is -2.15. The molecule has 0 radical (unpaired) electrons. The van der Waals surface area contributed by atoms with E-state index in [4.69, 9.17) is 4.74 Å². The first kappa shape index (κ1) is 19.2. The van der Waals surface area contributed by atoms with Crippen molar-refractivity contribution in [1.29, 1.82) is 0 Å². The standard InChI is InChI=1S/C22H19F3N2O2/c1-13-6-9-18(20(10-13)29-12-22(23,24)25)27-21(28)16-11-19(14-7-8-14)26-17-5-3-2-4-15(16)17/h2-6,9-11,14H,7-8,12H2,1H3,(H,27,28). The fourth-order valence-electron chi connectivity index (χ4n) is 3.17. The number of nitrogens with zero attached hydrogens (tertiary/aromatic N) is 1. The molecular weight excluding hydrogens is 381 g/mol. The molecule has 1 aliphatic carbocycles. The van der Waals surface area contributed by atoms with Crippen molar-refractivity contribution in [2.45, 2.75) is 31.9 Å². The van der Waals surface area contributed by atoms with Gasteiger partial charge in [0.2, 0.25) is 0 Å². The van der Waals surface area contributed by atoms with Gasteiger partial charge in [0.05, 0.1) is 16.8 Å². The Kier molecular flexibility index (Phi) is 4.90. The maximum Gasteiger partial charge on any atom is 0.422 e. The highest BCUT2D eigenvalue weighted by Crippen LogP contribution is 2.40. The summed E-state index contributed by atoms with van der Waals surface area (Å²) in [5.41, 5.74) is 2.95. The van der Waals surface area contributed by atoms with Crippen LogP contribution >= 0.6 is 0 Å². The summed E-state index contributed by atoms with van der Waals surface area (Å²) in [6.07, 6.45) is -2.38. The highest BCUT2D eigenvalue weighted by Gasteiger charge is 2.29. The minimum absolute atomic E-state index is 0.0172. The van der Waals surface area contributed by atoms with Gasteiger partial charge in [0.25, 0.3) is 5.91 Å². The molecule has 4 rings (SSSR count). The van der Waals surface area contributed by atoms with E-state index in [2.05, 4.69) is 10.3 Å². The number of aromatic nitrogens is 1. The summed E-state index contributed by atoms with van der Waals surface area (Å²) in [5.74, 6) is -0.0705. The van der Waals surface area contributed by atoms with E-state index < -0.39 is 18.7 Å². The maximum atomic E-state index is 13.0. The quantitative estimate of drug-likeness (QED) is 0.605. The Morgan fingerprint density at radius 2 is 1.93 bits per heavy atom. The Balaban J connectivity index is 1.66. The van der Waals surface area contributed by atoms with Gasteiger partial charge in [0, 0.05) is 17.0 Å². The molecule has 0 saturated heterocycles. The average Bonchev–Trinajstić information content (AvgIpc) is 3.52. The van der Waals surface area contributed by atoms with E-state index in [-0.39, 0.29) is 11.4 Å². The molecule has 1 aliphatic rings. The summed E-state index contributed by atoms with van der Waals surface area (Å²) in [7, 11) is 0. The number of carbonyl (C=O) groups excluding carboxylic acids is 1. The van der Waals surface area contributed by atoms with Gasteiger partial charge in [-0.2, -0.15) is 13.2 Å². The normalized spacial score (nSPS) is 14.1. The number of para-hydroxylation sites is 1. The van der Waals surface area contributed by atoms with Crippen LogP contribution in [0.1, 0.15) is 40.4 Å². The lowest BCUT2D eigenvalue weighted by Crippen LogP contribution is -2.20. The van der Waals surface area contributed by atoms with Gasteiger partial charge >= 0.3 is 6.18 Å². The first-order chi connectivity index (χ1) is 13.8. The fourth-order valence-corrected chi connectivity index (χ4v) is 3.17. The number of alkyl halides is 3. The molecule has 1 heterocycles.